The van der Waals surface area contributed by atoms with Crippen LogP contribution in [-0.2, 0) is 9.59 Å². The molecule has 0 saturated heterocycles. The van der Waals surface area contributed by atoms with E-state index in [2.05, 4.69) is 5.32 Å². The average Bonchev–Trinajstić information content (AvgIpc) is 2.27. The van der Waals surface area contributed by atoms with E-state index in [1.807, 2.05) is 39.8 Å². The van der Waals surface area contributed by atoms with Crippen LogP contribution in [0.1, 0.15) is 26.3 Å². The zero-order valence-corrected chi connectivity index (χ0v) is 12.3. The highest BCUT2D eigenvalue weighted by molar-refractivity contribution is 5.89. The number of nitrogens with one attached hydrogen (secondary N) is 1. The van der Waals surface area contributed by atoms with Gasteiger partial charge in [-0.1, -0.05) is 6.07 Å². The smallest absolute Gasteiger partial charge is 0.331 e. The summed E-state index contributed by atoms with van der Waals surface area (Å²) in [5, 5.41) is 2.89. The Morgan fingerprint density at radius 1 is 1.40 bits per heavy atom. The Labute approximate surface area is 118 Å². The molecule has 1 N–H and O–H groups in total. The Morgan fingerprint density at radius 2 is 2.10 bits per heavy atom. The third kappa shape index (κ3) is 3.50. The van der Waals surface area contributed by atoms with Gasteiger partial charge in [-0.25, -0.2) is 4.79 Å². The summed E-state index contributed by atoms with van der Waals surface area (Å²) in [5.74, 6) is 0.0555. The second-order valence-corrected chi connectivity index (χ2v) is 6.10. The molecule has 5 nitrogen and oxygen atoms in total. The number of anilines is 1. The van der Waals surface area contributed by atoms with Gasteiger partial charge in [0.2, 0.25) is 5.91 Å². The van der Waals surface area contributed by atoms with E-state index in [-0.39, 0.29) is 30.5 Å². The monoisotopic (exact) mass is 276 g/mol. The number of carbonyl (C=O) groups excluding carboxylic acids is 2. The van der Waals surface area contributed by atoms with E-state index in [1.54, 1.807) is 11.0 Å². The second kappa shape index (κ2) is 5.15. The standard InChI is InChI=1S/C15H20N2O3/c1-10-5-6-12-11(7-10)17(9-14(19)20-12)8-13(18)16-15(2,3)4/h5-7H,8-9H2,1-4H3,(H,16,18). The van der Waals surface area contributed by atoms with Crippen molar-refractivity contribution < 1.29 is 14.3 Å². The number of rotatable bonds is 2. The lowest BCUT2D eigenvalue weighted by molar-refractivity contribution is -0.133. The lowest BCUT2D eigenvalue weighted by Gasteiger charge is -2.30. The average molecular weight is 276 g/mol. The Kier molecular flexibility index (Phi) is 3.70. The fourth-order valence-electron chi connectivity index (χ4n) is 2.13. The van der Waals surface area contributed by atoms with Crippen molar-refractivity contribution in [2.45, 2.75) is 33.2 Å². The zero-order chi connectivity index (χ0) is 14.9. The maximum Gasteiger partial charge on any atom is 0.331 e. The summed E-state index contributed by atoms with van der Waals surface area (Å²) in [6.45, 7) is 7.97. The fourth-order valence-corrected chi connectivity index (χ4v) is 2.13. The van der Waals surface area contributed by atoms with E-state index in [0.717, 1.165) is 11.3 Å². The molecule has 0 fully saturated rings. The lowest BCUT2D eigenvalue weighted by Crippen LogP contribution is -2.48. The number of carbonyl (C=O) groups is 2. The van der Waals surface area contributed by atoms with Crippen molar-refractivity contribution in [3.63, 3.8) is 0 Å². The summed E-state index contributed by atoms with van der Waals surface area (Å²) in [7, 11) is 0. The summed E-state index contributed by atoms with van der Waals surface area (Å²) >= 11 is 0. The molecule has 1 aromatic carbocycles. The van der Waals surface area contributed by atoms with Crippen LogP contribution in [0, 0.1) is 6.92 Å². The van der Waals surface area contributed by atoms with Gasteiger partial charge in [0.05, 0.1) is 12.2 Å². The molecule has 0 saturated carbocycles. The van der Waals surface area contributed by atoms with E-state index >= 15 is 0 Å². The molecule has 108 valence electrons. The molecule has 0 radical (unpaired) electrons. The van der Waals surface area contributed by atoms with Crippen molar-refractivity contribution in [2.24, 2.45) is 0 Å². The second-order valence-electron chi connectivity index (χ2n) is 6.10. The van der Waals surface area contributed by atoms with Crippen molar-refractivity contribution in [2.75, 3.05) is 18.0 Å². The molecule has 1 aromatic rings. The van der Waals surface area contributed by atoms with E-state index in [1.165, 1.54) is 0 Å². The number of nitrogens with zero attached hydrogens (tertiary/aromatic N) is 1. The number of hydrogen-bond acceptors (Lipinski definition) is 4. The van der Waals surface area contributed by atoms with E-state index in [4.69, 9.17) is 4.74 Å². The number of amides is 1. The highest BCUT2D eigenvalue weighted by atomic mass is 16.5. The number of esters is 1. The third-order valence-electron chi connectivity index (χ3n) is 2.85. The molecule has 1 amide bonds. The summed E-state index contributed by atoms with van der Waals surface area (Å²) < 4.78 is 5.19. The molecule has 0 unspecified atom stereocenters. The van der Waals surface area contributed by atoms with Crippen LogP contribution in [-0.4, -0.2) is 30.5 Å². The molecule has 0 aromatic heterocycles. The van der Waals surface area contributed by atoms with E-state index in [9.17, 15) is 9.59 Å². The third-order valence-corrected chi connectivity index (χ3v) is 2.85. The highest BCUT2D eigenvalue weighted by Crippen LogP contribution is 2.32. The van der Waals surface area contributed by atoms with E-state index < -0.39 is 0 Å². The molecule has 1 heterocycles. The van der Waals surface area contributed by atoms with Gasteiger partial charge in [0.1, 0.15) is 6.54 Å². The molecule has 1 aliphatic rings. The van der Waals surface area contributed by atoms with Crippen LogP contribution in [0.3, 0.4) is 0 Å². The number of benzene rings is 1. The summed E-state index contributed by atoms with van der Waals surface area (Å²) in [6, 6.07) is 5.56. The largest absolute Gasteiger partial charge is 0.423 e. The number of aryl methyl sites for hydroxylation is 1. The van der Waals surface area contributed by atoms with Crippen LogP contribution >= 0.6 is 0 Å². The van der Waals surface area contributed by atoms with Gasteiger partial charge in [-0.2, -0.15) is 0 Å². The first-order chi connectivity index (χ1) is 9.24. The lowest BCUT2D eigenvalue weighted by atomic mass is 10.1. The number of fused-ring (bicyclic) bond motifs is 1. The summed E-state index contributed by atoms with van der Waals surface area (Å²) in [4.78, 5) is 25.4. The minimum absolute atomic E-state index is 0.0913. The minimum atomic E-state index is -0.343. The first-order valence-corrected chi connectivity index (χ1v) is 6.62. The van der Waals surface area contributed by atoms with Gasteiger partial charge in [-0.05, 0) is 45.4 Å². The van der Waals surface area contributed by atoms with Crippen molar-refractivity contribution >= 4 is 17.6 Å². The molecular formula is C15H20N2O3. The van der Waals surface area contributed by atoms with Crippen molar-refractivity contribution in [1.82, 2.24) is 5.32 Å². The van der Waals surface area contributed by atoms with Gasteiger partial charge in [-0.3, -0.25) is 4.79 Å². The van der Waals surface area contributed by atoms with Crippen molar-refractivity contribution in [3.8, 4) is 5.75 Å². The van der Waals surface area contributed by atoms with Crippen LogP contribution in [0.5, 0.6) is 5.75 Å². The van der Waals surface area contributed by atoms with Crippen LogP contribution in [0.15, 0.2) is 18.2 Å². The predicted octanol–water partition coefficient (Wildman–Crippen LogP) is 1.64. The van der Waals surface area contributed by atoms with Crippen LogP contribution < -0.4 is 15.0 Å². The molecule has 20 heavy (non-hydrogen) atoms. The van der Waals surface area contributed by atoms with Gasteiger partial charge >= 0.3 is 5.97 Å². The quantitative estimate of drug-likeness (QED) is 0.659. The van der Waals surface area contributed by atoms with E-state index in [0.29, 0.717) is 5.75 Å². The molecular weight excluding hydrogens is 256 g/mol. The topological polar surface area (TPSA) is 58.6 Å². The normalized spacial score (nSPS) is 14.6. The number of ether oxygens (including phenoxy) is 1. The minimum Gasteiger partial charge on any atom is -0.423 e. The van der Waals surface area contributed by atoms with Gasteiger partial charge in [0.25, 0.3) is 0 Å². The molecule has 0 atom stereocenters. The number of hydrogen-bond donors (Lipinski definition) is 1. The summed E-state index contributed by atoms with van der Waals surface area (Å²) in [5.41, 5.74) is 1.56. The molecule has 5 heteroatoms. The van der Waals surface area contributed by atoms with Crippen LogP contribution in [0.2, 0.25) is 0 Å². The maximum absolute atomic E-state index is 12.0. The molecule has 0 bridgehead atoms. The SMILES string of the molecule is Cc1ccc2c(c1)N(CC(=O)NC(C)(C)C)CC(=O)O2. The Morgan fingerprint density at radius 3 is 2.75 bits per heavy atom. The van der Waals surface area contributed by atoms with Gasteiger partial charge in [0, 0.05) is 5.54 Å². The van der Waals surface area contributed by atoms with Crippen molar-refractivity contribution in [3.05, 3.63) is 23.8 Å². The Bertz CT molecular complexity index is 547. The Balaban J connectivity index is 2.19. The predicted molar refractivity (Wildman–Crippen MR) is 76.9 cm³/mol. The highest BCUT2D eigenvalue weighted by Gasteiger charge is 2.26. The first kappa shape index (κ1) is 14.4. The summed E-state index contributed by atoms with van der Waals surface area (Å²) in [6.07, 6.45) is 0. The zero-order valence-electron chi connectivity index (χ0n) is 12.3. The first-order valence-electron chi connectivity index (χ1n) is 6.62. The Hall–Kier alpha value is -2.04. The van der Waals surface area contributed by atoms with Crippen LogP contribution in [0.4, 0.5) is 5.69 Å². The molecule has 1 aliphatic heterocycles. The molecule has 0 spiro atoms. The maximum atomic E-state index is 12.0. The molecule has 2 rings (SSSR count). The van der Waals surface area contributed by atoms with Gasteiger partial charge in [-0.15, -0.1) is 0 Å². The van der Waals surface area contributed by atoms with Gasteiger partial charge in [0.15, 0.2) is 5.75 Å². The fraction of sp³-hybridized carbons (Fsp3) is 0.467. The van der Waals surface area contributed by atoms with Crippen molar-refractivity contribution in [1.29, 1.82) is 0 Å². The molecule has 0 aliphatic carbocycles. The van der Waals surface area contributed by atoms with Crippen LogP contribution in [0.25, 0.3) is 0 Å². The van der Waals surface area contributed by atoms with Gasteiger partial charge < -0.3 is 15.0 Å².